The molecule has 0 amide bonds. The van der Waals surface area contributed by atoms with Gasteiger partial charge in [0.05, 0.1) is 12.2 Å². The van der Waals surface area contributed by atoms with Gasteiger partial charge in [0.2, 0.25) is 0 Å². The first-order chi connectivity index (χ1) is 9.52. The monoisotopic (exact) mass is 280 g/mol. The van der Waals surface area contributed by atoms with Crippen LogP contribution in [0.15, 0.2) is 48.6 Å². The summed E-state index contributed by atoms with van der Waals surface area (Å²) < 4.78 is 0. The average molecular weight is 280 g/mol. The molecule has 0 saturated carbocycles. The fourth-order valence-corrected chi connectivity index (χ4v) is 1.40. The number of aliphatic hydroxyl groups excluding tert-OH is 2. The van der Waals surface area contributed by atoms with E-state index in [2.05, 4.69) is 0 Å². The number of carboxylic acid groups (broad SMARTS) is 1. The van der Waals surface area contributed by atoms with Crippen molar-refractivity contribution in [2.75, 3.05) is 0 Å². The van der Waals surface area contributed by atoms with Crippen LogP contribution in [0.2, 0.25) is 0 Å². The van der Waals surface area contributed by atoms with Gasteiger partial charge in [-0.25, -0.2) is 0 Å². The molecule has 0 aromatic carbocycles. The highest BCUT2D eigenvalue weighted by molar-refractivity contribution is 5.66. The molecule has 112 valence electrons. The summed E-state index contributed by atoms with van der Waals surface area (Å²) in [6, 6.07) is 0. The van der Waals surface area contributed by atoms with Gasteiger partial charge in [0.1, 0.15) is 0 Å². The van der Waals surface area contributed by atoms with Crippen LogP contribution in [0, 0.1) is 0 Å². The second kappa shape index (κ2) is 12.4. The van der Waals surface area contributed by atoms with E-state index in [-0.39, 0.29) is 6.42 Å². The Morgan fingerprint density at radius 2 is 1.65 bits per heavy atom. The first-order valence-electron chi connectivity index (χ1n) is 6.77. The smallest absolute Gasteiger partial charge is 0.303 e. The summed E-state index contributed by atoms with van der Waals surface area (Å²) >= 11 is 0. The van der Waals surface area contributed by atoms with Crippen LogP contribution in [0.25, 0.3) is 0 Å². The van der Waals surface area contributed by atoms with Crippen molar-refractivity contribution in [2.45, 2.75) is 44.8 Å². The molecule has 0 aromatic heterocycles. The van der Waals surface area contributed by atoms with Crippen LogP contribution < -0.4 is 0 Å². The van der Waals surface area contributed by atoms with E-state index in [9.17, 15) is 9.90 Å². The summed E-state index contributed by atoms with van der Waals surface area (Å²) in [6.07, 6.45) is 15.2. The molecule has 0 spiro atoms. The van der Waals surface area contributed by atoms with Crippen molar-refractivity contribution in [3.63, 3.8) is 0 Å². The molecule has 0 saturated heterocycles. The predicted octanol–water partition coefficient (Wildman–Crippen LogP) is 2.60. The Morgan fingerprint density at radius 3 is 2.25 bits per heavy atom. The van der Waals surface area contributed by atoms with Crippen molar-refractivity contribution >= 4 is 5.97 Å². The Morgan fingerprint density at radius 1 is 1.05 bits per heavy atom. The van der Waals surface area contributed by atoms with E-state index >= 15 is 0 Å². The van der Waals surface area contributed by atoms with Gasteiger partial charge in [0.25, 0.3) is 0 Å². The molecule has 0 bridgehead atoms. The van der Waals surface area contributed by atoms with E-state index < -0.39 is 18.2 Å². The molecule has 4 heteroatoms. The molecular weight excluding hydrogens is 256 g/mol. The largest absolute Gasteiger partial charge is 0.481 e. The maximum atomic E-state index is 10.3. The number of allylic oxidation sites excluding steroid dienone is 6. The molecule has 20 heavy (non-hydrogen) atoms. The number of hydrogen-bond donors (Lipinski definition) is 3. The number of carbonyl (C=O) groups is 1. The van der Waals surface area contributed by atoms with Gasteiger partial charge in [-0.3, -0.25) is 4.79 Å². The van der Waals surface area contributed by atoms with Crippen LogP contribution in [-0.4, -0.2) is 33.5 Å². The third kappa shape index (κ3) is 14.4. The quantitative estimate of drug-likeness (QED) is 0.537. The lowest BCUT2D eigenvalue weighted by Gasteiger charge is -2.05. The molecule has 0 aliphatic carbocycles. The third-order valence-corrected chi connectivity index (χ3v) is 2.42. The van der Waals surface area contributed by atoms with E-state index in [0.29, 0.717) is 19.3 Å². The Hall–Kier alpha value is -1.65. The first-order valence-corrected chi connectivity index (χ1v) is 6.77. The summed E-state index contributed by atoms with van der Waals surface area (Å²) in [7, 11) is 0. The third-order valence-electron chi connectivity index (χ3n) is 2.42. The molecule has 0 aromatic rings. The van der Waals surface area contributed by atoms with Crippen LogP contribution in [0.3, 0.4) is 0 Å². The van der Waals surface area contributed by atoms with Gasteiger partial charge in [-0.15, -0.1) is 0 Å². The van der Waals surface area contributed by atoms with Crippen LogP contribution in [0.5, 0.6) is 0 Å². The van der Waals surface area contributed by atoms with Gasteiger partial charge in [-0.1, -0.05) is 48.6 Å². The zero-order valence-corrected chi connectivity index (χ0v) is 11.9. The Labute approximate surface area is 120 Å². The van der Waals surface area contributed by atoms with E-state index in [1.54, 1.807) is 19.1 Å². The number of aliphatic hydroxyl groups is 2. The van der Waals surface area contributed by atoms with Crippen molar-refractivity contribution in [2.24, 2.45) is 0 Å². The zero-order valence-electron chi connectivity index (χ0n) is 11.9. The van der Waals surface area contributed by atoms with Crippen molar-refractivity contribution in [1.29, 1.82) is 0 Å². The van der Waals surface area contributed by atoms with Crippen LogP contribution in [0.1, 0.15) is 32.6 Å². The highest BCUT2D eigenvalue weighted by Gasteiger charge is 2.03. The zero-order chi connectivity index (χ0) is 15.2. The molecule has 2 unspecified atom stereocenters. The minimum Gasteiger partial charge on any atom is -0.481 e. The maximum absolute atomic E-state index is 10.3. The van der Waals surface area contributed by atoms with Gasteiger partial charge in [-0.2, -0.15) is 0 Å². The highest BCUT2D eigenvalue weighted by atomic mass is 16.4. The molecule has 3 N–H and O–H groups in total. The van der Waals surface area contributed by atoms with Crippen molar-refractivity contribution in [3.05, 3.63) is 48.6 Å². The van der Waals surface area contributed by atoms with Crippen LogP contribution in [0.4, 0.5) is 0 Å². The highest BCUT2D eigenvalue weighted by Crippen LogP contribution is 2.05. The normalized spacial score (nSPS) is 15.8. The van der Waals surface area contributed by atoms with E-state index in [4.69, 9.17) is 10.2 Å². The second-order valence-corrected chi connectivity index (χ2v) is 4.50. The fourth-order valence-electron chi connectivity index (χ4n) is 1.40. The first kappa shape index (κ1) is 18.4. The Balaban J connectivity index is 3.71. The minimum absolute atomic E-state index is 0.103. The number of aliphatic carboxylic acids is 1. The lowest BCUT2D eigenvalue weighted by atomic mass is 10.1. The standard InChI is InChI=1S/C16H24O4/c1-14(17)10-7-5-3-2-4-6-8-11-15(18)12-9-13-16(19)20/h2-8,10,14-15,17-18H,9,11-13H2,1H3,(H,19,20)/b4-2+,5-3-,8-6+,10-7+. The predicted molar refractivity (Wildman–Crippen MR) is 80.4 cm³/mol. The summed E-state index contributed by atoms with van der Waals surface area (Å²) in [6.45, 7) is 1.69. The van der Waals surface area contributed by atoms with Gasteiger partial charge in [-0.05, 0) is 26.2 Å². The van der Waals surface area contributed by atoms with Gasteiger partial charge in [0, 0.05) is 6.42 Å². The van der Waals surface area contributed by atoms with Crippen LogP contribution >= 0.6 is 0 Å². The molecule has 0 fully saturated rings. The Bertz CT molecular complexity index is 365. The topological polar surface area (TPSA) is 77.8 Å². The maximum Gasteiger partial charge on any atom is 0.303 e. The molecule has 0 heterocycles. The second-order valence-electron chi connectivity index (χ2n) is 4.50. The van der Waals surface area contributed by atoms with Gasteiger partial charge in [0.15, 0.2) is 0 Å². The summed E-state index contributed by atoms with van der Waals surface area (Å²) in [5.74, 6) is -0.827. The van der Waals surface area contributed by atoms with E-state index in [1.165, 1.54) is 0 Å². The van der Waals surface area contributed by atoms with E-state index in [0.717, 1.165) is 0 Å². The van der Waals surface area contributed by atoms with E-state index in [1.807, 2.05) is 36.5 Å². The molecule has 0 radical (unpaired) electrons. The molecule has 0 rings (SSSR count). The number of hydrogen-bond acceptors (Lipinski definition) is 3. The Kier molecular flexibility index (Phi) is 11.4. The summed E-state index contributed by atoms with van der Waals surface area (Å²) in [5.41, 5.74) is 0. The molecule has 0 aliphatic heterocycles. The molecule has 0 aliphatic rings. The SMILES string of the molecule is CC(O)/C=C/C=C\C=C\C=C\CC(O)CCCC(=O)O. The fraction of sp³-hybridized carbons (Fsp3) is 0.438. The van der Waals surface area contributed by atoms with Crippen molar-refractivity contribution < 1.29 is 20.1 Å². The summed E-state index contributed by atoms with van der Waals surface area (Å²) in [4.78, 5) is 10.3. The lowest BCUT2D eigenvalue weighted by molar-refractivity contribution is -0.137. The van der Waals surface area contributed by atoms with Crippen LogP contribution in [-0.2, 0) is 4.79 Å². The molecule has 2 atom stereocenters. The lowest BCUT2D eigenvalue weighted by Crippen LogP contribution is -2.06. The van der Waals surface area contributed by atoms with Gasteiger partial charge < -0.3 is 15.3 Å². The molecule has 4 nitrogen and oxygen atoms in total. The van der Waals surface area contributed by atoms with Gasteiger partial charge >= 0.3 is 5.97 Å². The summed E-state index contributed by atoms with van der Waals surface area (Å²) in [5, 5.41) is 27.0. The number of rotatable bonds is 10. The molecular formula is C16H24O4. The van der Waals surface area contributed by atoms with Crippen molar-refractivity contribution in [1.82, 2.24) is 0 Å². The minimum atomic E-state index is -0.827. The van der Waals surface area contributed by atoms with Crippen molar-refractivity contribution in [3.8, 4) is 0 Å². The number of carboxylic acids is 1. The average Bonchev–Trinajstić information content (AvgIpc) is 2.36.